The van der Waals surface area contributed by atoms with Crippen molar-refractivity contribution in [2.45, 2.75) is 13.8 Å². The molecule has 4 nitrogen and oxygen atoms in total. The van der Waals surface area contributed by atoms with Crippen molar-refractivity contribution >= 4 is 35.1 Å². The molecule has 7 heteroatoms. The minimum Gasteiger partial charge on any atom is -0.550 e. The average molecular weight is 454 g/mol. The summed E-state index contributed by atoms with van der Waals surface area (Å²) in [6.45, 7) is 1.94. The van der Waals surface area contributed by atoms with Crippen LogP contribution in [0.15, 0.2) is 48.5 Å². The number of rotatable bonds is 1. The van der Waals surface area contributed by atoms with Gasteiger partial charge in [-0.25, -0.2) is 0 Å². The fourth-order valence-corrected chi connectivity index (χ4v) is 1.75. The van der Waals surface area contributed by atoms with Gasteiger partial charge in [-0.15, -0.1) is 0 Å². The van der Waals surface area contributed by atoms with E-state index in [4.69, 9.17) is 43.0 Å². The number of benzene rings is 2. The summed E-state index contributed by atoms with van der Waals surface area (Å²) >= 11 is 12.0. The van der Waals surface area contributed by atoms with Crippen molar-refractivity contribution in [1.29, 1.82) is 0 Å². The number of hydrogen-bond acceptors (Lipinski definition) is 4. The van der Waals surface area contributed by atoms with E-state index in [2.05, 4.69) is 0 Å². The second-order valence-corrected chi connectivity index (χ2v) is 4.74. The molecule has 0 radical (unpaired) electrons. The number of carboxylic acid groups (broad SMARTS) is 2. The number of halogens is 2. The van der Waals surface area contributed by atoms with Crippen LogP contribution >= 0.6 is 23.2 Å². The molecule has 0 aromatic heterocycles. The third kappa shape index (κ3) is 12.0. The van der Waals surface area contributed by atoms with Crippen LogP contribution in [0.5, 0.6) is 0 Å². The minimum absolute atomic E-state index is 0. The van der Waals surface area contributed by atoms with Gasteiger partial charge in [0, 0.05) is 17.5 Å². The molecule has 2 aromatic carbocycles. The molecule has 0 heterocycles. The Morgan fingerprint density at radius 3 is 1.70 bits per heavy atom. The fraction of sp³-hybridized carbons (Fsp3) is 0.125. The van der Waals surface area contributed by atoms with Gasteiger partial charge in [0.2, 0.25) is 0 Å². The van der Waals surface area contributed by atoms with Gasteiger partial charge in [-0.2, -0.15) is 0 Å². The molecule has 0 saturated carbocycles. The van der Waals surface area contributed by atoms with Crippen molar-refractivity contribution in [3.63, 3.8) is 0 Å². The van der Waals surface area contributed by atoms with E-state index in [1.165, 1.54) is 0 Å². The van der Waals surface area contributed by atoms with Gasteiger partial charge in [-0.05, 0) is 25.5 Å². The average Bonchev–Trinajstić information content (AvgIpc) is 2.42. The van der Waals surface area contributed by atoms with Crippen LogP contribution in [0.3, 0.4) is 0 Å². The van der Waals surface area contributed by atoms with Crippen LogP contribution in [0.1, 0.15) is 13.8 Å². The molecule has 0 atom stereocenters. The largest absolute Gasteiger partial charge is 2.00 e. The molecular formula is C16H14CdCl2O4. The van der Waals surface area contributed by atoms with E-state index in [1.807, 2.05) is 42.5 Å². The van der Waals surface area contributed by atoms with Crippen molar-refractivity contribution in [3.05, 3.63) is 58.6 Å². The molecule has 0 bridgehead atoms. The van der Waals surface area contributed by atoms with E-state index in [1.54, 1.807) is 6.07 Å². The topological polar surface area (TPSA) is 80.3 Å². The van der Waals surface area contributed by atoms with Gasteiger partial charge in [0.25, 0.3) is 0 Å². The SMILES string of the molecule is CC(=O)[O-].CC(=O)[O-].Clc1cccc(-c2ccccc2)c1Cl.[Cd+2]. The van der Waals surface area contributed by atoms with Gasteiger partial charge in [0.05, 0.1) is 10.0 Å². The third-order valence-corrected chi connectivity index (χ3v) is 2.86. The van der Waals surface area contributed by atoms with Crippen molar-refractivity contribution in [3.8, 4) is 11.1 Å². The number of carboxylic acids is 2. The molecule has 0 N–H and O–H groups in total. The van der Waals surface area contributed by atoms with Crippen molar-refractivity contribution < 1.29 is 47.1 Å². The molecule has 23 heavy (non-hydrogen) atoms. The van der Waals surface area contributed by atoms with E-state index in [0.717, 1.165) is 25.0 Å². The number of aliphatic carboxylic acids is 2. The van der Waals surface area contributed by atoms with Crippen LogP contribution < -0.4 is 10.2 Å². The standard InChI is InChI=1S/C12H8Cl2.2C2H4O2.Cd/c13-11-8-4-7-10(12(11)14)9-5-2-1-3-6-9;2*1-2(3)4;/h1-8H;2*1H3,(H,3,4);/q;;;+2/p-2. The molecular weight excluding hydrogens is 439 g/mol. The van der Waals surface area contributed by atoms with E-state index < -0.39 is 11.9 Å². The normalized spacial score (nSPS) is 8.35. The van der Waals surface area contributed by atoms with Crippen LogP contribution in [0.25, 0.3) is 11.1 Å². The molecule has 0 amide bonds. The summed E-state index contributed by atoms with van der Waals surface area (Å²) in [5.74, 6) is -2.17. The zero-order chi connectivity index (χ0) is 17.1. The first-order chi connectivity index (χ1) is 10.3. The maximum atomic E-state index is 8.89. The van der Waals surface area contributed by atoms with Crippen LogP contribution in [-0.4, -0.2) is 11.9 Å². The zero-order valence-corrected chi connectivity index (χ0v) is 18.3. The molecule has 0 unspecified atom stereocenters. The van der Waals surface area contributed by atoms with Crippen LogP contribution in [0, 0.1) is 0 Å². The predicted molar refractivity (Wildman–Crippen MR) is 83.3 cm³/mol. The van der Waals surface area contributed by atoms with Gasteiger partial charge < -0.3 is 19.8 Å². The van der Waals surface area contributed by atoms with Crippen LogP contribution in [0.4, 0.5) is 0 Å². The molecule has 0 aliphatic rings. The molecule has 0 aliphatic carbocycles. The Kier molecular flexibility index (Phi) is 14.0. The first kappa shape index (κ1) is 24.1. The monoisotopic (exact) mass is 454 g/mol. The summed E-state index contributed by atoms with van der Waals surface area (Å²) in [5.41, 5.74) is 2.06. The third-order valence-electron chi connectivity index (χ3n) is 2.04. The number of hydrogen-bond donors (Lipinski definition) is 0. The molecule has 0 aliphatic heterocycles. The number of carbonyl (C=O) groups excluding carboxylic acids is 2. The molecule has 2 rings (SSSR count). The Morgan fingerprint density at radius 1 is 0.826 bits per heavy atom. The van der Waals surface area contributed by atoms with Gasteiger partial charge in [-0.1, -0.05) is 65.7 Å². The molecule has 0 saturated heterocycles. The van der Waals surface area contributed by atoms with E-state index in [-0.39, 0.29) is 27.3 Å². The first-order valence-electron chi connectivity index (χ1n) is 6.10. The molecule has 118 valence electrons. The summed E-state index contributed by atoms with van der Waals surface area (Å²) in [6, 6.07) is 15.6. The second-order valence-electron chi connectivity index (χ2n) is 3.95. The van der Waals surface area contributed by atoms with Crippen molar-refractivity contribution in [2.75, 3.05) is 0 Å². The van der Waals surface area contributed by atoms with Gasteiger partial charge in [-0.3, -0.25) is 0 Å². The predicted octanol–water partition coefficient (Wildman–Crippen LogP) is 2.17. The first-order valence-corrected chi connectivity index (χ1v) is 6.86. The Hall–Kier alpha value is -1.12. The summed E-state index contributed by atoms with van der Waals surface area (Å²) in [7, 11) is 0. The van der Waals surface area contributed by atoms with Gasteiger partial charge >= 0.3 is 27.3 Å². The van der Waals surface area contributed by atoms with Gasteiger partial charge in [0.1, 0.15) is 0 Å². The van der Waals surface area contributed by atoms with Crippen LogP contribution in [-0.2, 0) is 36.9 Å². The van der Waals surface area contributed by atoms with Gasteiger partial charge in [0.15, 0.2) is 0 Å². The Bertz CT molecular complexity index is 599. The Balaban J connectivity index is 0. The summed E-state index contributed by atoms with van der Waals surface area (Å²) < 4.78 is 0. The van der Waals surface area contributed by atoms with E-state index in [9.17, 15) is 0 Å². The zero-order valence-electron chi connectivity index (χ0n) is 12.7. The summed E-state index contributed by atoms with van der Waals surface area (Å²) in [4.78, 5) is 17.8. The van der Waals surface area contributed by atoms with Crippen LogP contribution in [0.2, 0.25) is 10.0 Å². The Labute approximate surface area is 165 Å². The van der Waals surface area contributed by atoms with E-state index in [0.29, 0.717) is 10.0 Å². The maximum Gasteiger partial charge on any atom is 2.00 e. The quantitative estimate of drug-likeness (QED) is 0.620. The molecule has 0 fully saturated rings. The van der Waals surface area contributed by atoms with Crippen molar-refractivity contribution in [1.82, 2.24) is 0 Å². The molecule has 0 spiro atoms. The maximum absolute atomic E-state index is 8.89. The smallest absolute Gasteiger partial charge is 0.550 e. The van der Waals surface area contributed by atoms with Crippen molar-refractivity contribution in [2.24, 2.45) is 0 Å². The minimum atomic E-state index is -1.08. The van der Waals surface area contributed by atoms with E-state index >= 15 is 0 Å². The Morgan fingerprint density at radius 2 is 1.26 bits per heavy atom. The summed E-state index contributed by atoms with van der Waals surface area (Å²) in [5, 5.41) is 19.0. The molecule has 2 aromatic rings. The summed E-state index contributed by atoms with van der Waals surface area (Å²) in [6.07, 6.45) is 0. The second kappa shape index (κ2) is 13.3. The number of carbonyl (C=O) groups is 2. The fourth-order valence-electron chi connectivity index (χ4n) is 1.34.